The standard InChI is InChI=1S/C10H20O4Si/c1-6-8(10(15,12-4)13-5)14-9(11)7(2)3/h8H,2,6H2,1,3-5,15H3. The van der Waals surface area contributed by atoms with E-state index in [0.29, 0.717) is 22.2 Å². The highest BCUT2D eigenvalue weighted by Gasteiger charge is 2.35. The lowest BCUT2D eigenvalue weighted by atomic mass is 10.2. The van der Waals surface area contributed by atoms with Crippen LogP contribution in [-0.2, 0) is 19.0 Å². The van der Waals surface area contributed by atoms with Gasteiger partial charge in [0, 0.05) is 19.8 Å². The summed E-state index contributed by atoms with van der Waals surface area (Å²) in [5, 5.41) is 0. The zero-order valence-corrected chi connectivity index (χ0v) is 12.1. The van der Waals surface area contributed by atoms with Crippen molar-refractivity contribution in [2.45, 2.75) is 31.8 Å². The number of hydrogen-bond donors (Lipinski definition) is 0. The lowest BCUT2D eigenvalue weighted by Crippen LogP contribution is -2.48. The minimum atomic E-state index is -0.778. The maximum absolute atomic E-state index is 11.4. The van der Waals surface area contributed by atoms with Crippen LogP contribution in [0, 0.1) is 0 Å². The SMILES string of the molecule is C=C(C)C(=O)OC(CC)C([SiH3])(OC)OC. The molecule has 0 amide bonds. The van der Waals surface area contributed by atoms with Gasteiger partial charge in [0.05, 0.1) is 10.2 Å². The molecule has 0 aromatic carbocycles. The zero-order valence-electron chi connectivity index (χ0n) is 10.1. The number of esters is 1. The molecule has 15 heavy (non-hydrogen) atoms. The summed E-state index contributed by atoms with van der Waals surface area (Å²) in [4.78, 5) is 11.4. The molecule has 0 spiro atoms. The van der Waals surface area contributed by atoms with Gasteiger partial charge in [-0.15, -0.1) is 0 Å². The van der Waals surface area contributed by atoms with Gasteiger partial charge >= 0.3 is 5.97 Å². The van der Waals surface area contributed by atoms with Crippen LogP contribution in [-0.4, -0.2) is 41.9 Å². The maximum Gasteiger partial charge on any atom is 0.333 e. The minimum Gasteiger partial charge on any atom is -0.454 e. The maximum atomic E-state index is 11.4. The molecule has 4 nitrogen and oxygen atoms in total. The average Bonchev–Trinajstić information content (AvgIpc) is 2.24. The van der Waals surface area contributed by atoms with Crippen LogP contribution in [0.5, 0.6) is 0 Å². The van der Waals surface area contributed by atoms with Crippen molar-refractivity contribution >= 4 is 16.2 Å². The quantitative estimate of drug-likeness (QED) is 0.284. The highest BCUT2D eigenvalue weighted by Crippen LogP contribution is 2.19. The van der Waals surface area contributed by atoms with E-state index in [4.69, 9.17) is 14.2 Å². The lowest BCUT2D eigenvalue weighted by Gasteiger charge is -2.34. The molecule has 0 saturated heterocycles. The first-order valence-corrected chi connectivity index (χ1v) is 5.88. The summed E-state index contributed by atoms with van der Waals surface area (Å²) in [6.45, 7) is 7.06. The first-order chi connectivity index (χ1) is 6.91. The Labute approximate surface area is 94.0 Å². The van der Waals surface area contributed by atoms with Crippen molar-refractivity contribution in [1.82, 2.24) is 0 Å². The van der Waals surface area contributed by atoms with Gasteiger partial charge in [-0.1, -0.05) is 13.5 Å². The van der Waals surface area contributed by atoms with Gasteiger partial charge in [0.25, 0.3) is 0 Å². The Bertz CT molecular complexity index is 236. The van der Waals surface area contributed by atoms with Gasteiger partial charge in [-0.3, -0.25) is 0 Å². The molecule has 1 unspecified atom stereocenters. The fourth-order valence-corrected chi connectivity index (χ4v) is 1.66. The molecule has 0 radical (unpaired) electrons. The predicted octanol–water partition coefficient (Wildman–Crippen LogP) is 0.196. The second-order valence-corrected chi connectivity index (χ2v) is 4.90. The number of methoxy groups -OCH3 is 2. The number of carbonyl (C=O) groups excluding carboxylic acids is 1. The van der Waals surface area contributed by atoms with E-state index < -0.39 is 11.4 Å². The van der Waals surface area contributed by atoms with Crippen LogP contribution in [0.4, 0.5) is 0 Å². The van der Waals surface area contributed by atoms with Gasteiger partial charge in [0.2, 0.25) is 0 Å². The molecule has 0 aromatic heterocycles. The van der Waals surface area contributed by atoms with Gasteiger partial charge in [-0.2, -0.15) is 0 Å². The molecule has 0 aliphatic heterocycles. The van der Waals surface area contributed by atoms with E-state index in [0.717, 1.165) is 0 Å². The van der Waals surface area contributed by atoms with Crippen LogP contribution in [0.25, 0.3) is 0 Å². The Balaban J connectivity index is 4.61. The predicted molar refractivity (Wildman–Crippen MR) is 61.7 cm³/mol. The molecule has 0 rings (SSSR count). The van der Waals surface area contributed by atoms with Gasteiger partial charge in [0.15, 0.2) is 11.5 Å². The molecule has 88 valence electrons. The minimum absolute atomic E-state index is 0.379. The van der Waals surface area contributed by atoms with Crippen LogP contribution in [0.1, 0.15) is 20.3 Å². The third-order valence-electron chi connectivity index (χ3n) is 2.36. The largest absolute Gasteiger partial charge is 0.454 e. The van der Waals surface area contributed by atoms with Gasteiger partial charge < -0.3 is 14.2 Å². The van der Waals surface area contributed by atoms with Crippen molar-refractivity contribution in [3.05, 3.63) is 12.2 Å². The summed E-state index contributed by atoms with van der Waals surface area (Å²) in [5.41, 5.74) is -0.399. The fourth-order valence-electron chi connectivity index (χ4n) is 1.14. The van der Waals surface area contributed by atoms with Crippen molar-refractivity contribution in [1.29, 1.82) is 0 Å². The third-order valence-corrected chi connectivity index (χ3v) is 3.82. The van der Waals surface area contributed by atoms with Crippen molar-refractivity contribution < 1.29 is 19.0 Å². The van der Waals surface area contributed by atoms with Crippen molar-refractivity contribution in [3.8, 4) is 0 Å². The average molecular weight is 232 g/mol. The number of hydrogen-bond acceptors (Lipinski definition) is 4. The molecule has 0 aliphatic carbocycles. The Hall–Kier alpha value is -0.653. The first-order valence-electron chi connectivity index (χ1n) is 4.88. The molecule has 0 heterocycles. The third kappa shape index (κ3) is 3.77. The van der Waals surface area contributed by atoms with Crippen LogP contribution < -0.4 is 0 Å². The Kier molecular flexibility index (Phi) is 5.78. The van der Waals surface area contributed by atoms with E-state index in [9.17, 15) is 4.79 Å². The Morgan fingerprint density at radius 2 is 1.93 bits per heavy atom. The lowest BCUT2D eigenvalue weighted by molar-refractivity contribution is -0.214. The summed E-state index contributed by atoms with van der Waals surface area (Å²) in [7, 11) is 3.71. The molecular formula is C10H20O4Si. The van der Waals surface area contributed by atoms with Gasteiger partial charge in [-0.25, -0.2) is 4.79 Å². The summed E-state index contributed by atoms with van der Waals surface area (Å²) in [6.07, 6.45) is 0.257. The molecule has 0 saturated carbocycles. The highest BCUT2D eigenvalue weighted by molar-refractivity contribution is 6.14. The van der Waals surface area contributed by atoms with Crippen LogP contribution in [0.3, 0.4) is 0 Å². The van der Waals surface area contributed by atoms with Crippen LogP contribution in [0.2, 0.25) is 0 Å². The molecule has 0 bridgehead atoms. The van der Waals surface area contributed by atoms with Gasteiger partial charge in [-0.05, 0) is 13.3 Å². The second kappa shape index (κ2) is 6.04. The van der Waals surface area contributed by atoms with Crippen LogP contribution in [0.15, 0.2) is 12.2 Å². The molecule has 0 aliphatic rings. The normalized spacial score (nSPS) is 13.6. The molecule has 0 fully saturated rings. The Morgan fingerprint density at radius 3 is 2.20 bits per heavy atom. The van der Waals surface area contributed by atoms with Gasteiger partial charge in [0.1, 0.15) is 0 Å². The van der Waals surface area contributed by atoms with E-state index in [1.54, 1.807) is 21.1 Å². The number of rotatable bonds is 6. The number of ether oxygens (including phenoxy) is 3. The summed E-state index contributed by atoms with van der Waals surface area (Å²) in [6, 6.07) is 0. The van der Waals surface area contributed by atoms with E-state index in [2.05, 4.69) is 6.58 Å². The summed E-state index contributed by atoms with van der Waals surface area (Å²) >= 11 is 0. The second-order valence-electron chi connectivity index (χ2n) is 3.51. The van der Waals surface area contributed by atoms with E-state index in [1.807, 2.05) is 6.92 Å². The fraction of sp³-hybridized carbons (Fsp3) is 0.700. The zero-order chi connectivity index (χ0) is 12.1. The summed E-state index contributed by atoms with van der Waals surface area (Å²) < 4.78 is 15.8. The Morgan fingerprint density at radius 1 is 1.47 bits per heavy atom. The number of carbonyl (C=O) groups is 1. The van der Waals surface area contributed by atoms with Crippen molar-refractivity contribution in [2.24, 2.45) is 0 Å². The van der Waals surface area contributed by atoms with E-state index in [-0.39, 0.29) is 6.10 Å². The van der Waals surface area contributed by atoms with E-state index in [1.165, 1.54) is 0 Å². The molecule has 5 heteroatoms. The molecule has 0 N–H and O–H groups in total. The molecular weight excluding hydrogens is 212 g/mol. The highest BCUT2D eigenvalue weighted by atomic mass is 28.1. The monoisotopic (exact) mass is 232 g/mol. The molecule has 1 atom stereocenters. The van der Waals surface area contributed by atoms with E-state index >= 15 is 0 Å². The molecule has 0 aromatic rings. The van der Waals surface area contributed by atoms with Crippen molar-refractivity contribution in [3.63, 3.8) is 0 Å². The first kappa shape index (κ1) is 14.3. The summed E-state index contributed by atoms with van der Waals surface area (Å²) in [5.74, 6) is -0.406. The van der Waals surface area contributed by atoms with Crippen LogP contribution >= 0.6 is 0 Å². The van der Waals surface area contributed by atoms with Crippen molar-refractivity contribution in [2.75, 3.05) is 14.2 Å². The smallest absolute Gasteiger partial charge is 0.333 e. The topological polar surface area (TPSA) is 44.8 Å².